The van der Waals surface area contributed by atoms with Gasteiger partial charge in [-0.25, -0.2) is 0 Å². The number of rotatable bonds is 12. The zero-order valence-electron chi connectivity index (χ0n) is 22.2. The quantitative estimate of drug-likeness (QED) is 0.400. The fourth-order valence-corrected chi connectivity index (χ4v) is 5.41. The van der Waals surface area contributed by atoms with Crippen LogP contribution in [0.15, 0.2) is 54.6 Å². The standard InChI is InChI=1S/C31H39N3O4/c1-2-3-14-25(29(32)36)26(19-21-16-17-21)30(37)33-27-15-7-8-18-34(31(27)38)24-13-9-12-23(20-24)28(35)22-10-5-4-6-11-22/h4-6,9-13,20-21,25-27H,2-3,7-8,14-19H2,1H3,(H2,32,36)(H,33,37)/t25-,26+,27-/m0/s1. The third kappa shape index (κ3) is 6.88. The minimum Gasteiger partial charge on any atom is -0.369 e. The number of anilines is 1. The second-order valence-corrected chi connectivity index (χ2v) is 10.7. The number of amides is 3. The van der Waals surface area contributed by atoms with Crippen molar-refractivity contribution in [1.29, 1.82) is 0 Å². The molecule has 7 heteroatoms. The van der Waals surface area contributed by atoms with Gasteiger partial charge in [-0.3, -0.25) is 19.2 Å². The molecule has 2 aliphatic rings. The summed E-state index contributed by atoms with van der Waals surface area (Å²) in [6.07, 6.45) is 7.23. The summed E-state index contributed by atoms with van der Waals surface area (Å²) in [6.45, 7) is 2.56. The number of ketones is 1. The van der Waals surface area contributed by atoms with E-state index in [1.807, 2.05) is 24.3 Å². The highest BCUT2D eigenvalue weighted by atomic mass is 16.2. The summed E-state index contributed by atoms with van der Waals surface area (Å²) in [5, 5.41) is 3.01. The molecule has 4 rings (SSSR count). The SMILES string of the molecule is CCCC[C@H](C(N)=O)[C@@H](CC1CC1)C(=O)N[C@H]1CCCCN(c2cccc(C(=O)c3ccccc3)c2)C1=O. The lowest BCUT2D eigenvalue weighted by Crippen LogP contribution is -2.51. The number of carbonyl (C=O) groups is 4. The second-order valence-electron chi connectivity index (χ2n) is 10.7. The fraction of sp³-hybridized carbons (Fsp3) is 0.484. The fourth-order valence-electron chi connectivity index (χ4n) is 5.41. The molecule has 2 aromatic carbocycles. The number of nitrogens with zero attached hydrogens (tertiary/aromatic N) is 1. The topological polar surface area (TPSA) is 110 Å². The first-order valence-corrected chi connectivity index (χ1v) is 14.0. The van der Waals surface area contributed by atoms with Gasteiger partial charge in [-0.2, -0.15) is 0 Å². The normalized spacial score (nSPS) is 19.3. The van der Waals surface area contributed by atoms with E-state index in [-0.39, 0.29) is 17.6 Å². The molecule has 0 radical (unpaired) electrons. The Balaban J connectivity index is 1.52. The maximum atomic E-state index is 13.7. The molecule has 1 saturated carbocycles. The van der Waals surface area contributed by atoms with Gasteiger partial charge in [-0.1, -0.05) is 75.1 Å². The van der Waals surface area contributed by atoms with Crippen molar-refractivity contribution in [3.8, 4) is 0 Å². The van der Waals surface area contributed by atoms with E-state index in [1.54, 1.807) is 35.2 Å². The van der Waals surface area contributed by atoms with Crippen LogP contribution < -0.4 is 16.0 Å². The van der Waals surface area contributed by atoms with Crippen LogP contribution in [-0.2, 0) is 14.4 Å². The molecular formula is C31H39N3O4. The van der Waals surface area contributed by atoms with E-state index in [4.69, 9.17) is 5.73 Å². The second kappa shape index (κ2) is 12.9. The Morgan fingerprint density at radius 2 is 1.71 bits per heavy atom. The highest BCUT2D eigenvalue weighted by Crippen LogP contribution is 2.38. The average molecular weight is 518 g/mol. The lowest BCUT2D eigenvalue weighted by Gasteiger charge is -2.29. The van der Waals surface area contributed by atoms with Crippen LogP contribution in [0.3, 0.4) is 0 Å². The number of carbonyl (C=O) groups excluding carboxylic acids is 4. The molecule has 2 fully saturated rings. The first kappa shape index (κ1) is 27.6. The molecule has 0 aromatic heterocycles. The van der Waals surface area contributed by atoms with E-state index in [1.165, 1.54) is 0 Å². The number of nitrogens with one attached hydrogen (secondary N) is 1. The van der Waals surface area contributed by atoms with Crippen LogP contribution in [0.5, 0.6) is 0 Å². The van der Waals surface area contributed by atoms with Crippen molar-refractivity contribution in [2.24, 2.45) is 23.5 Å². The highest BCUT2D eigenvalue weighted by Gasteiger charge is 2.39. The first-order chi connectivity index (χ1) is 18.4. The van der Waals surface area contributed by atoms with Crippen LogP contribution in [-0.4, -0.2) is 36.1 Å². The zero-order chi connectivity index (χ0) is 27.1. The molecule has 1 heterocycles. The molecule has 0 spiro atoms. The molecule has 0 unspecified atom stereocenters. The molecule has 7 nitrogen and oxygen atoms in total. The van der Waals surface area contributed by atoms with Crippen molar-refractivity contribution in [3.05, 3.63) is 65.7 Å². The lowest BCUT2D eigenvalue weighted by molar-refractivity contribution is -0.136. The van der Waals surface area contributed by atoms with Crippen molar-refractivity contribution in [2.75, 3.05) is 11.4 Å². The van der Waals surface area contributed by atoms with Gasteiger partial charge >= 0.3 is 0 Å². The van der Waals surface area contributed by atoms with E-state index in [0.29, 0.717) is 48.5 Å². The Morgan fingerprint density at radius 3 is 2.39 bits per heavy atom. The molecule has 38 heavy (non-hydrogen) atoms. The Morgan fingerprint density at radius 1 is 0.974 bits per heavy atom. The highest BCUT2D eigenvalue weighted by molar-refractivity contribution is 6.10. The first-order valence-electron chi connectivity index (χ1n) is 14.0. The minimum absolute atomic E-state index is 0.105. The summed E-state index contributed by atoms with van der Waals surface area (Å²) in [5.41, 5.74) is 7.50. The van der Waals surface area contributed by atoms with Crippen LogP contribution in [0.1, 0.15) is 80.6 Å². The Kier molecular flexibility index (Phi) is 9.32. The maximum absolute atomic E-state index is 13.7. The number of hydrogen-bond donors (Lipinski definition) is 2. The van der Waals surface area contributed by atoms with Crippen LogP contribution >= 0.6 is 0 Å². The lowest BCUT2D eigenvalue weighted by atomic mass is 9.82. The predicted octanol–water partition coefficient (Wildman–Crippen LogP) is 4.63. The van der Waals surface area contributed by atoms with Gasteiger partial charge < -0.3 is 16.0 Å². The van der Waals surface area contributed by atoms with Crippen molar-refractivity contribution < 1.29 is 19.2 Å². The molecule has 3 atom stereocenters. The van der Waals surface area contributed by atoms with E-state index in [9.17, 15) is 19.2 Å². The molecule has 2 aromatic rings. The van der Waals surface area contributed by atoms with Crippen LogP contribution in [0.25, 0.3) is 0 Å². The predicted molar refractivity (Wildman–Crippen MR) is 147 cm³/mol. The monoisotopic (exact) mass is 517 g/mol. The summed E-state index contributed by atoms with van der Waals surface area (Å²) < 4.78 is 0. The number of nitrogens with two attached hydrogens (primary N) is 1. The Labute approximate surface area is 225 Å². The van der Waals surface area contributed by atoms with E-state index < -0.39 is 23.8 Å². The van der Waals surface area contributed by atoms with Gasteiger partial charge in [0.2, 0.25) is 17.7 Å². The summed E-state index contributed by atoms with van der Waals surface area (Å²) in [6, 6.07) is 15.5. The Bertz CT molecular complexity index is 1140. The van der Waals surface area contributed by atoms with E-state index >= 15 is 0 Å². The summed E-state index contributed by atoms with van der Waals surface area (Å²) in [4.78, 5) is 54.3. The van der Waals surface area contributed by atoms with Gasteiger partial charge in [0.05, 0.1) is 0 Å². The van der Waals surface area contributed by atoms with E-state index in [2.05, 4.69) is 12.2 Å². The number of benzene rings is 2. The van der Waals surface area contributed by atoms with Gasteiger partial charge in [0.15, 0.2) is 5.78 Å². The van der Waals surface area contributed by atoms with Gasteiger partial charge in [-0.05, 0) is 50.2 Å². The maximum Gasteiger partial charge on any atom is 0.249 e. The van der Waals surface area contributed by atoms with Gasteiger partial charge in [0, 0.05) is 35.2 Å². The van der Waals surface area contributed by atoms with Crippen LogP contribution in [0.4, 0.5) is 5.69 Å². The van der Waals surface area contributed by atoms with Gasteiger partial charge in [0.1, 0.15) is 6.04 Å². The number of hydrogen-bond acceptors (Lipinski definition) is 4. The average Bonchev–Trinajstić information content (AvgIpc) is 3.77. The Hall–Kier alpha value is -3.48. The van der Waals surface area contributed by atoms with Crippen molar-refractivity contribution in [1.82, 2.24) is 5.32 Å². The summed E-state index contributed by atoms with van der Waals surface area (Å²) in [5.74, 6) is -1.56. The van der Waals surface area contributed by atoms with Crippen molar-refractivity contribution in [3.63, 3.8) is 0 Å². The third-order valence-electron chi connectivity index (χ3n) is 7.80. The van der Waals surface area contributed by atoms with Crippen molar-refractivity contribution in [2.45, 2.75) is 70.8 Å². The summed E-state index contributed by atoms with van der Waals surface area (Å²) in [7, 11) is 0. The molecular weight excluding hydrogens is 478 g/mol. The van der Waals surface area contributed by atoms with E-state index in [0.717, 1.165) is 38.5 Å². The third-order valence-corrected chi connectivity index (χ3v) is 7.80. The molecule has 0 bridgehead atoms. The van der Waals surface area contributed by atoms with Gasteiger partial charge in [0.25, 0.3) is 0 Å². The molecule has 1 aliphatic carbocycles. The van der Waals surface area contributed by atoms with Crippen LogP contribution in [0, 0.1) is 17.8 Å². The molecule has 202 valence electrons. The van der Waals surface area contributed by atoms with Gasteiger partial charge in [-0.15, -0.1) is 0 Å². The smallest absolute Gasteiger partial charge is 0.249 e. The molecule has 3 amide bonds. The number of primary amides is 1. The van der Waals surface area contributed by atoms with Crippen LogP contribution in [0.2, 0.25) is 0 Å². The zero-order valence-corrected chi connectivity index (χ0v) is 22.2. The largest absolute Gasteiger partial charge is 0.369 e. The van der Waals surface area contributed by atoms with Crippen molar-refractivity contribution >= 4 is 29.2 Å². The summed E-state index contributed by atoms with van der Waals surface area (Å²) >= 11 is 0. The molecule has 1 aliphatic heterocycles. The molecule has 1 saturated heterocycles. The molecule has 3 N–H and O–H groups in total. The minimum atomic E-state index is -0.681. The number of unbranched alkanes of at least 4 members (excludes halogenated alkanes) is 1.